The van der Waals surface area contributed by atoms with Crippen LogP contribution in [0.25, 0.3) is 0 Å². The summed E-state index contributed by atoms with van der Waals surface area (Å²) in [6, 6.07) is 24.7. The summed E-state index contributed by atoms with van der Waals surface area (Å²) < 4.78 is 0. The van der Waals surface area contributed by atoms with Crippen molar-refractivity contribution in [2.24, 2.45) is 0 Å². The monoisotopic (exact) mass is 843 g/mol. The zero-order valence-electron chi connectivity index (χ0n) is 41.2. The molecule has 1 heteroatoms. The van der Waals surface area contributed by atoms with Crippen LogP contribution in [0, 0.1) is 0 Å². The van der Waals surface area contributed by atoms with Gasteiger partial charge >= 0.3 is 0 Å². The SMILES string of the molecule is CCCCCCc1cc(CCCCCC)cc([Si](c2cc(CCCCCC)cc(CCCCCC)c2)(c2cc(CCCCCC)cc(CCCCCC)c2)C2C=CC(C)=C2)c1. The van der Waals surface area contributed by atoms with Crippen LogP contribution in [0.2, 0.25) is 5.54 Å². The van der Waals surface area contributed by atoms with Crippen molar-refractivity contribution in [2.45, 2.75) is 247 Å². The summed E-state index contributed by atoms with van der Waals surface area (Å²) in [5, 5.41) is 5.06. The van der Waals surface area contributed by atoms with Gasteiger partial charge in [-0.3, -0.25) is 0 Å². The number of unbranched alkanes of at least 4 members (excludes halogenated alkanes) is 18. The molecule has 0 aliphatic heterocycles. The van der Waals surface area contributed by atoms with E-state index >= 15 is 0 Å². The molecule has 0 heterocycles. The first-order valence-electron chi connectivity index (χ1n) is 26.7. The van der Waals surface area contributed by atoms with Gasteiger partial charge in [-0.25, -0.2) is 0 Å². The molecule has 0 saturated carbocycles. The first-order valence-corrected chi connectivity index (χ1v) is 28.8. The van der Waals surface area contributed by atoms with Crippen molar-refractivity contribution >= 4 is 23.6 Å². The minimum Gasteiger partial charge on any atom is -0.0791 e. The minimum absolute atomic E-state index is 0.391. The molecule has 4 rings (SSSR count). The predicted molar refractivity (Wildman–Crippen MR) is 278 cm³/mol. The lowest BCUT2D eigenvalue weighted by Crippen LogP contribution is -2.69. The minimum atomic E-state index is -2.71. The number of rotatable bonds is 34. The van der Waals surface area contributed by atoms with E-state index in [-0.39, 0.29) is 0 Å². The predicted octanol–water partition coefficient (Wildman–Crippen LogP) is 16.8. The van der Waals surface area contributed by atoms with Crippen LogP contribution in [0.15, 0.2) is 78.4 Å². The molecule has 0 fully saturated rings. The van der Waals surface area contributed by atoms with Gasteiger partial charge in [0.25, 0.3) is 0 Å². The normalized spacial score (nSPS) is 14.0. The van der Waals surface area contributed by atoms with Crippen LogP contribution in [-0.2, 0) is 38.5 Å². The summed E-state index contributed by atoms with van der Waals surface area (Å²) in [5.74, 6) is 0. The second-order valence-corrected chi connectivity index (χ2v) is 23.6. The Hall–Kier alpha value is -2.64. The van der Waals surface area contributed by atoms with E-state index in [0.717, 1.165) is 0 Å². The van der Waals surface area contributed by atoms with Gasteiger partial charge < -0.3 is 0 Å². The molecule has 3 aromatic carbocycles. The maximum Gasteiger partial charge on any atom is 0.158 e. The third-order valence-electron chi connectivity index (χ3n) is 13.9. The summed E-state index contributed by atoms with van der Waals surface area (Å²) in [7, 11) is -2.71. The summed E-state index contributed by atoms with van der Waals surface area (Å²) in [5.41, 5.74) is 11.4. The molecule has 0 nitrogen and oxygen atoms in total. The Morgan fingerprint density at radius 2 is 0.574 bits per heavy atom. The Morgan fingerprint density at radius 3 is 0.770 bits per heavy atom. The fraction of sp³-hybridized carbons (Fsp3) is 0.633. The van der Waals surface area contributed by atoms with E-state index in [2.05, 4.69) is 121 Å². The highest BCUT2D eigenvalue weighted by Gasteiger charge is 2.46. The molecule has 61 heavy (non-hydrogen) atoms. The lowest BCUT2D eigenvalue weighted by Gasteiger charge is -2.39. The third kappa shape index (κ3) is 16.8. The van der Waals surface area contributed by atoms with Gasteiger partial charge in [-0.05, 0) is 133 Å². The molecule has 1 aliphatic carbocycles. The van der Waals surface area contributed by atoms with E-state index in [0.29, 0.717) is 5.54 Å². The zero-order chi connectivity index (χ0) is 43.5. The van der Waals surface area contributed by atoms with Crippen LogP contribution in [0.1, 0.15) is 236 Å². The number of hydrogen-bond donors (Lipinski definition) is 0. The van der Waals surface area contributed by atoms with Crippen molar-refractivity contribution in [3.63, 3.8) is 0 Å². The van der Waals surface area contributed by atoms with Crippen LogP contribution in [0.5, 0.6) is 0 Å². The highest BCUT2D eigenvalue weighted by atomic mass is 28.3. The second kappa shape index (κ2) is 29.7. The van der Waals surface area contributed by atoms with Gasteiger partial charge in [-0.2, -0.15) is 0 Å². The average Bonchev–Trinajstić information content (AvgIpc) is 3.70. The molecule has 338 valence electrons. The number of aryl methyl sites for hydroxylation is 6. The zero-order valence-corrected chi connectivity index (χ0v) is 42.2. The summed E-state index contributed by atoms with van der Waals surface area (Å²) in [6.07, 6.45) is 46.8. The Balaban J connectivity index is 2.09. The van der Waals surface area contributed by atoms with Crippen molar-refractivity contribution in [1.82, 2.24) is 0 Å². The first-order chi connectivity index (χ1) is 29.9. The second-order valence-electron chi connectivity index (χ2n) is 19.6. The molecule has 0 N–H and O–H groups in total. The number of benzene rings is 3. The lowest BCUT2D eigenvalue weighted by atomic mass is 10.00. The molecular weight excluding hydrogens is 749 g/mol. The highest BCUT2D eigenvalue weighted by molar-refractivity contribution is 7.13. The van der Waals surface area contributed by atoms with Gasteiger partial charge in [-0.1, -0.05) is 236 Å². The maximum atomic E-state index is 2.78. The van der Waals surface area contributed by atoms with E-state index in [1.165, 1.54) is 198 Å². The molecular formula is C60H94Si. The van der Waals surface area contributed by atoms with Gasteiger partial charge in [0.15, 0.2) is 8.07 Å². The molecule has 0 spiro atoms. The Labute approximate surface area is 380 Å². The molecule has 0 radical (unpaired) electrons. The molecule has 1 aliphatic rings. The van der Waals surface area contributed by atoms with Gasteiger partial charge in [0.1, 0.15) is 0 Å². The smallest absolute Gasteiger partial charge is 0.0791 e. The van der Waals surface area contributed by atoms with Crippen molar-refractivity contribution in [2.75, 3.05) is 0 Å². The Morgan fingerprint density at radius 1 is 0.328 bits per heavy atom. The summed E-state index contributed by atoms with van der Waals surface area (Å²) in [4.78, 5) is 0. The average molecular weight is 843 g/mol. The maximum absolute atomic E-state index is 2.78. The fourth-order valence-electron chi connectivity index (χ4n) is 10.4. The Bertz CT molecular complexity index is 1440. The molecule has 1 unspecified atom stereocenters. The quantitative estimate of drug-likeness (QED) is 0.0319. The van der Waals surface area contributed by atoms with Crippen molar-refractivity contribution in [3.05, 3.63) is 112 Å². The molecule has 0 amide bonds. The van der Waals surface area contributed by atoms with Gasteiger partial charge in [0, 0.05) is 5.54 Å². The van der Waals surface area contributed by atoms with Crippen LogP contribution in [0.4, 0.5) is 0 Å². The summed E-state index contributed by atoms with van der Waals surface area (Å²) in [6.45, 7) is 16.5. The fourth-order valence-corrected chi connectivity index (χ4v) is 15.9. The molecule has 3 aromatic rings. The van der Waals surface area contributed by atoms with Crippen molar-refractivity contribution in [1.29, 1.82) is 0 Å². The van der Waals surface area contributed by atoms with Crippen molar-refractivity contribution in [3.8, 4) is 0 Å². The topological polar surface area (TPSA) is 0 Å². The lowest BCUT2D eigenvalue weighted by molar-refractivity contribution is 0.661. The van der Waals surface area contributed by atoms with E-state index in [9.17, 15) is 0 Å². The van der Waals surface area contributed by atoms with Gasteiger partial charge in [-0.15, -0.1) is 0 Å². The van der Waals surface area contributed by atoms with Crippen LogP contribution >= 0.6 is 0 Å². The van der Waals surface area contributed by atoms with E-state index < -0.39 is 8.07 Å². The molecule has 0 bridgehead atoms. The largest absolute Gasteiger partial charge is 0.158 e. The number of allylic oxidation sites excluding steroid dienone is 4. The standard InChI is InChI=1S/C60H94Si/c1-8-14-20-26-32-51-41-52(33-27-21-15-9-2)45-58(44-51)61(57-39-38-50(7)40-57,59-46-53(34-28-22-16-10-3)42-54(47-59)35-29-23-17-11-4)60-48-55(36-30-24-18-12-5)43-56(49-60)37-31-25-19-13-6/h38-49,57H,8-37H2,1-7H3. The van der Waals surface area contributed by atoms with Gasteiger partial charge in [0.2, 0.25) is 0 Å². The molecule has 0 saturated heterocycles. The van der Waals surface area contributed by atoms with Crippen LogP contribution in [0.3, 0.4) is 0 Å². The van der Waals surface area contributed by atoms with E-state index in [4.69, 9.17) is 0 Å². The van der Waals surface area contributed by atoms with Crippen molar-refractivity contribution < 1.29 is 0 Å². The van der Waals surface area contributed by atoms with E-state index in [1.807, 2.05) is 0 Å². The van der Waals surface area contributed by atoms with Crippen LogP contribution in [-0.4, -0.2) is 8.07 Å². The van der Waals surface area contributed by atoms with Gasteiger partial charge in [0.05, 0.1) is 0 Å². The highest BCUT2D eigenvalue weighted by Crippen LogP contribution is 2.34. The first kappa shape index (κ1) is 51.0. The molecule has 0 aromatic heterocycles. The van der Waals surface area contributed by atoms with E-state index in [1.54, 1.807) is 48.9 Å². The molecule has 1 atom stereocenters. The number of hydrogen-bond acceptors (Lipinski definition) is 0. The Kier molecular flexibility index (Phi) is 24.8. The van der Waals surface area contributed by atoms with Crippen LogP contribution < -0.4 is 15.6 Å². The summed E-state index contributed by atoms with van der Waals surface area (Å²) >= 11 is 0. The third-order valence-corrected chi connectivity index (χ3v) is 18.9.